The second-order valence-corrected chi connectivity index (χ2v) is 6.84. The number of hydrogen-bond acceptors (Lipinski definition) is 7. The third-order valence-corrected chi connectivity index (χ3v) is 4.44. The average molecular weight is 422 g/mol. The molecule has 4 N–H and O–H groups in total. The Labute approximate surface area is 164 Å². The normalized spacial score (nSPS) is 10.7. The van der Waals surface area contributed by atoms with E-state index in [1.165, 1.54) is 6.33 Å². The monoisotopic (exact) mass is 421 g/mol. The van der Waals surface area contributed by atoms with Gasteiger partial charge in [-0.2, -0.15) is 0 Å². The van der Waals surface area contributed by atoms with Crippen LogP contribution in [0.4, 0.5) is 28.8 Å². The van der Waals surface area contributed by atoms with Crippen molar-refractivity contribution in [1.82, 2.24) is 19.9 Å². The summed E-state index contributed by atoms with van der Waals surface area (Å²) in [6, 6.07) is 13.7. The number of anilines is 5. The van der Waals surface area contributed by atoms with Gasteiger partial charge in [0.15, 0.2) is 11.6 Å². The Kier molecular flexibility index (Phi) is 4.55. The quantitative estimate of drug-likeness (QED) is 0.443. The molecule has 0 saturated heterocycles. The Balaban J connectivity index is 1.67. The molecule has 0 amide bonds. The van der Waals surface area contributed by atoms with E-state index in [0.29, 0.717) is 23.1 Å². The summed E-state index contributed by atoms with van der Waals surface area (Å²) in [4.78, 5) is 17.4. The van der Waals surface area contributed by atoms with Gasteiger partial charge in [0.2, 0.25) is 0 Å². The molecule has 0 aliphatic heterocycles. The molecule has 0 unspecified atom stereocenters. The van der Waals surface area contributed by atoms with Crippen molar-refractivity contribution in [3.05, 3.63) is 65.2 Å². The maximum Gasteiger partial charge on any atom is 0.160 e. The number of nitrogens with zero attached hydrogens (tertiary/aromatic N) is 4. The van der Waals surface area contributed by atoms with Gasteiger partial charge in [-0.25, -0.2) is 15.0 Å². The summed E-state index contributed by atoms with van der Waals surface area (Å²) in [7, 11) is 0. The molecule has 0 atom stereocenters. The van der Waals surface area contributed by atoms with Crippen LogP contribution >= 0.6 is 15.9 Å². The average Bonchev–Trinajstić information content (AvgIpc) is 2.67. The molecule has 0 aliphatic rings. The summed E-state index contributed by atoms with van der Waals surface area (Å²) in [5.74, 6) is 1.61. The van der Waals surface area contributed by atoms with Crippen molar-refractivity contribution in [3.8, 4) is 0 Å². The van der Waals surface area contributed by atoms with Crippen molar-refractivity contribution in [2.75, 3.05) is 16.4 Å². The minimum absolute atomic E-state index is 0.395. The lowest BCUT2D eigenvalue weighted by Gasteiger charge is -2.13. The first-order chi connectivity index (χ1) is 13.1. The zero-order valence-corrected chi connectivity index (χ0v) is 16.0. The molecule has 27 heavy (non-hydrogen) atoms. The van der Waals surface area contributed by atoms with Gasteiger partial charge in [-0.1, -0.05) is 18.2 Å². The fourth-order valence-corrected chi connectivity index (χ4v) is 2.87. The van der Waals surface area contributed by atoms with Crippen LogP contribution in [-0.4, -0.2) is 19.9 Å². The van der Waals surface area contributed by atoms with Crippen molar-refractivity contribution >= 4 is 55.7 Å². The molecule has 3 heterocycles. The topological polar surface area (TPSA) is 102 Å². The highest BCUT2D eigenvalue weighted by Gasteiger charge is 2.11. The minimum Gasteiger partial charge on any atom is -0.393 e. The first-order valence-electron chi connectivity index (χ1n) is 8.22. The van der Waals surface area contributed by atoms with E-state index in [1.54, 1.807) is 6.20 Å². The van der Waals surface area contributed by atoms with E-state index >= 15 is 0 Å². The summed E-state index contributed by atoms with van der Waals surface area (Å²) in [6.07, 6.45) is 3.15. The number of rotatable bonds is 4. The van der Waals surface area contributed by atoms with E-state index in [1.807, 2.05) is 49.4 Å². The molecule has 0 saturated carbocycles. The molecule has 3 aromatic heterocycles. The van der Waals surface area contributed by atoms with E-state index in [4.69, 9.17) is 5.73 Å². The molecule has 4 rings (SSSR count). The van der Waals surface area contributed by atoms with Gasteiger partial charge in [0.05, 0.1) is 11.2 Å². The highest BCUT2D eigenvalue weighted by atomic mass is 79.9. The van der Waals surface area contributed by atoms with Crippen LogP contribution in [0.5, 0.6) is 0 Å². The number of halogens is 1. The van der Waals surface area contributed by atoms with Crippen molar-refractivity contribution in [2.45, 2.75) is 6.92 Å². The Hall–Kier alpha value is -3.26. The first kappa shape index (κ1) is 17.2. The molecule has 0 spiro atoms. The molecule has 0 bridgehead atoms. The molecular weight excluding hydrogens is 406 g/mol. The fourth-order valence-electron chi connectivity index (χ4n) is 2.64. The number of para-hydroxylation sites is 1. The number of nitrogen functional groups attached to an aromatic ring is 1. The molecule has 0 fully saturated rings. The smallest absolute Gasteiger partial charge is 0.160 e. The lowest BCUT2D eigenvalue weighted by Crippen LogP contribution is -2.06. The summed E-state index contributed by atoms with van der Waals surface area (Å²) in [5.41, 5.74) is 9.30. The third-order valence-electron chi connectivity index (χ3n) is 3.97. The van der Waals surface area contributed by atoms with Crippen molar-refractivity contribution in [2.24, 2.45) is 0 Å². The fraction of sp³-hybridized carbons (Fsp3) is 0.0526. The summed E-state index contributed by atoms with van der Waals surface area (Å²) in [5, 5.41) is 7.42. The van der Waals surface area contributed by atoms with Crippen molar-refractivity contribution in [3.63, 3.8) is 0 Å². The predicted molar refractivity (Wildman–Crippen MR) is 111 cm³/mol. The Morgan fingerprint density at radius 3 is 2.52 bits per heavy atom. The van der Waals surface area contributed by atoms with E-state index < -0.39 is 0 Å². The van der Waals surface area contributed by atoms with E-state index in [2.05, 4.69) is 46.5 Å². The maximum absolute atomic E-state index is 6.28. The largest absolute Gasteiger partial charge is 0.393 e. The van der Waals surface area contributed by atoms with Crippen LogP contribution in [0.15, 0.2) is 59.5 Å². The Bertz CT molecular complexity index is 1110. The van der Waals surface area contributed by atoms with Gasteiger partial charge in [-0.15, -0.1) is 0 Å². The van der Waals surface area contributed by atoms with Gasteiger partial charge in [0, 0.05) is 21.7 Å². The molecule has 134 valence electrons. The Morgan fingerprint density at radius 2 is 1.74 bits per heavy atom. The lowest BCUT2D eigenvalue weighted by atomic mass is 10.1. The van der Waals surface area contributed by atoms with Crippen LogP contribution in [-0.2, 0) is 0 Å². The third kappa shape index (κ3) is 3.65. The zero-order chi connectivity index (χ0) is 18.8. The number of aromatic nitrogens is 4. The van der Waals surface area contributed by atoms with Crippen LogP contribution < -0.4 is 16.4 Å². The highest BCUT2D eigenvalue weighted by molar-refractivity contribution is 9.10. The second kappa shape index (κ2) is 7.16. The summed E-state index contributed by atoms with van der Waals surface area (Å²) >= 11 is 3.36. The molecule has 0 aliphatic carbocycles. The number of aryl methyl sites for hydroxylation is 1. The van der Waals surface area contributed by atoms with Gasteiger partial charge in [0.25, 0.3) is 0 Å². The number of benzene rings is 1. The van der Waals surface area contributed by atoms with Crippen molar-refractivity contribution < 1.29 is 0 Å². The van der Waals surface area contributed by atoms with Crippen LogP contribution in [0.25, 0.3) is 10.9 Å². The van der Waals surface area contributed by atoms with E-state index in [0.717, 1.165) is 26.8 Å². The van der Waals surface area contributed by atoms with Crippen molar-refractivity contribution in [1.29, 1.82) is 0 Å². The number of fused-ring (bicyclic) bond motifs is 1. The SMILES string of the molecule is Cc1ccc2cccc(Nc3ncnc(Nc4ccc(Br)cn4)c3N)c2n1. The molecule has 1 aromatic carbocycles. The van der Waals surface area contributed by atoms with Gasteiger partial charge >= 0.3 is 0 Å². The summed E-state index contributed by atoms with van der Waals surface area (Å²) in [6.45, 7) is 1.96. The standard InChI is InChI=1S/C19H16BrN7/c1-11-5-6-12-3-2-4-14(17(12)25-11)26-18-16(21)19(24-10-23-18)27-15-8-7-13(20)9-22-15/h2-10H,21H2,1H3,(H2,22,23,24,26,27). The molecule has 8 heteroatoms. The molecule has 0 radical (unpaired) electrons. The van der Waals surface area contributed by atoms with Gasteiger partial charge < -0.3 is 16.4 Å². The Morgan fingerprint density at radius 1 is 0.926 bits per heavy atom. The van der Waals surface area contributed by atoms with Gasteiger partial charge in [0.1, 0.15) is 17.8 Å². The van der Waals surface area contributed by atoms with Crippen LogP contribution in [0.2, 0.25) is 0 Å². The van der Waals surface area contributed by atoms with Crippen LogP contribution in [0.3, 0.4) is 0 Å². The number of pyridine rings is 2. The first-order valence-corrected chi connectivity index (χ1v) is 9.02. The van der Waals surface area contributed by atoms with E-state index in [9.17, 15) is 0 Å². The van der Waals surface area contributed by atoms with Crippen LogP contribution in [0.1, 0.15) is 5.69 Å². The van der Waals surface area contributed by atoms with Gasteiger partial charge in [-0.05, 0) is 47.1 Å². The molecule has 4 aromatic rings. The predicted octanol–water partition coefficient (Wildman–Crippen LogP) is 4.56. The maximum atomic E-state index is 6.28. The second-order valence-electron chi connectivity index (χ2n) is 5.93. The lowest BCUT2D eigenvalue weighted by molar-refractivity contribution is 1.16. The highest BCUT2D eigenvalue weighted by Crippen LogP contribution is 2.30. The number of hydrogen-bond donors (Lipinski definition) is 3. The molecule has 7 nitrogen and oxygen atoms in total. The molecular formula is C19H16BrN7. The number of nitrogens with two attached hydrogens (primary N) is 1. The van der Waals surface area contributed by atoms with Gasteiger partial charge in [-0.3, -0.25) is 4.98 Å². The zero-order valence-electron chi connectivity index (χ0n) is 14.4. The minimum atomic E-state index is 0.395. The van der Waals surface area contributed by atoms with E-state index in [-0.39, 0.29) is 0 Å². The number of nitrogens with one attached hydrogen (secondary N) is 2. The van der Waals surface area contributed by atoms with Crippen LogP contribution in [0, 0.1) is 6.92 Å². The summed E-state index contributed by atoms with van der Waals surface area (Å²) < 4.78 is 0.893.